The SMILES string of the molecule is C[C@@H]1CN(Cc2ccc(OC(F)(F)F)cc2)C[C@H]1C(=O)O. The Bertz CT molecular complexity index is 501. The van der Waals surface area contributed by atoms with Crippen molar-refractivity contribution in [1.82, 2.24) is 4.90 Å². The second-order valence-electron chi connectivity index (χ2n) is 5.31. The van der Waals surface area contributed by atoms with Gasteiger partial charge in [-0.1, -0.05) is 19.1 Å². The third-order valence-corrected chi connectivity index (χ3v) is 3.57. The van der Waals surface area contributed by atoms with E-state index in [4.69, 9.17) is 5.11 Å². The normalized spacial score (nSPS) is 23.2. The first-order valence-electron chi connectivity index (χ1n) is 6.54. The van der Waals surface area contributed by atoms with Gasteiger partial charge >= 0.3 is 12.3 Å². The highest BCUT2D eigenvalue weighted by molar-refractivity contribution is 5.71. The van der Waals surface area contributed by atoms with E-state index in [1.165, 1.54) is 12.1 Å². The highest BCUT2D eigenvalue weighted by Crippen LogP contribution is 2.26. The third-order valence-electron chi connectivity index (χ3n) is 3.57. The number of nitrogens with zero attached hydrogens (tertiary/aromatic N) is 1. The summed E-state index contributed by atoms with van der Waals surface area (Å²) in [5, 5.41) is 9.06. The Hall–Kier alpha value is -1.76. The van der Waals surface area contributed by atoms with Gasteiger partial charge in [0.1, 0.15) is 5.75 Å². The molecular formula is C14H16F3NO3. The summed E-state index contributed by atoms with van der Waals surface area (Å²) in [4.78, 5) is 13.0. The molecule has 2 atom stereocenters. The second kappa shape index (κ2) is 5.93. The molecule has 0 unspecified atom stereocenters. The van der Waals surface area contributed by atoms with Gasteiger partial charge in [-0.05, 0) is 23.6 Å². The molecule has 116 valence electrons. The molecule has 0 bridgehead atoms. The van der Waals surface area contributed by atoms with Crippen LogP contribution in [0.15, 0.2) is 24.3 Å². The van der Waals surface area contributed by atoms with Gasteiger partial charge in [0, 0.05) is 19.6 Å². The number of rotatable bonds is 4. The lowest BCUT2D eigenvalue weighted by atomic mass is 9.99. The average Bonchev–Trinajstić information content (AvgIpc) is 2.71. The van der Waals surface area contributed by atoms with Gasteiger partial charge < -0.3 is 9.84 Å². The zero-order valence-corrected chi connectivity index (χ0v) is 11.4. The average molecular weight is 303 g/mol. The fourth-order valence-electron chi connectivity index (χ4n) is 2.57. The van der Waals surface area contributed by atoms with Crippen LogP contribution in [0.1, 0.15) is 12.5 Å². The predicted molar refractivity (Wildman–Crippen MR) is 68.7 cm³/mol. The van der Waals surface area contributed by atoms with E-state index in [0.29, 0.717) is 19.6 Å². The molecule has 7 heteroatoms. The van der Waals surface area contributed by atoms with E-state index in [-0.39, 0.29) is 11.7 Å². The van der Waals surface area contributed by atoms with Gasteiger partial charge in [0.15, 0.2) is 0 Å². The van der Waals surface area contributed by atoms with Crippen molar-refractivity contribution < 1.29 is 27.8 Å². The number of likely N-dealkylation sites (tertiary alicyclic amines) is 1. The Morgan fingerprint density at radius 2 is 1.95 bits per heavy atom. The Kier molecular flexibility index (Phi) is 4.41. The van der Waals surface area contributed by atoms with Crippen LogP contribution in [0.5, 0.6) is 5.75 Å². The fourth-order valence-corrected chi connectivity index (χ4v) is 2.57. The Morgan fingerprint density at radius 1 is 1.33 bits per heavy atom. The summed E-state index contributed by atoms with van der Waals surface area (Å²) in [6.07, 6.45) is -4.69. The van der Waals surface area contributed by atoms with Crippen LogP contribution in [0.2, 0.25) is 0 Å². The van der Waals surface area contributed by atoms with Crippen LogP contribution >= 0.6 is 0 Å². The lowest BCUT2D eigenvalue weighted by Crippen LogP contribution is -2.23. The highest BCUT2D eigenvalue weighted by atomic mass is 19.4. The van der Waals surface area contributed by atoms with Crippen molar-refractivity contribution in [1.29, 1.82) is 0 Å². The van der Waals surface area contributed by atoms with E-state index in [1.54, 1.807) is 12.1 Å². The quantitative estimate of drug-likeness (QED) is 0.929. The summed E-state index contributed by atoms with van der Waals surface area (Å²) in [5.41, 5.74) is 0.822. The number of hydrogen-bond donors (Lipinski definition) is 1. The number of halogens is 3. The Morgan fingerprint density at radius 3 is 2.43 bits per heavy atom. The minimum Gasteiger partial charge on any atom is -0.481 e. The summed E-state index contributed by atoms with van der Waals surface area (Å²) >= 11 is 0. The molecule has 1 heterocycles. The van der Waals surface area contributed by atoms with Crippen molar-refractivity contribution in [2.24, 2.45) is 11.8 Å². The zero-order chi connectivity index (χ0) is 15.6. The predicted octanol–water partition coefficient (Wildman–Crippen LogP) is 2.74. The minimum atomic E-state index is -4.69. The fraction of sp³-hybridized carbons (Fsp3) is 0.500. The van der Waals surface area contributed by atoms with Gasteiger partial charge in [0.25, 0.3) is 0 Å². The molecule has 1 saturated heterocycles. The van der Waals surface area contributed by atoms with Crippen molar-refractivity contribution in [2.45, 2.75) is 19.8 Å². The molecule has 0 saturated carbocycles. The number of ether oxygens (including phenoxy) is 1. The molecular weight excluding hydrogens is 287 g/mol. The molecule has 1 aromatic carbocycles. The van der Waals surface area contributed by atoms with E-state index < -0.39 is 18.2 Å². The first kappa shape index (κ1) is 15.6. The molecule has 0 aliphatic carbocycles. The molecule has 0 aromatic heterocycles. The first-order valence-corrected chi connectivity index (χ1v) is 6.54. The largest absolute Gasteiger partial charge is 0.573 e. The Balaban J connectivity index is 1.94. The van der Waals surface area contributed by atoms with Crippen molar-refractivity contribution in [3.63, 3.8) is 0 Å². The maximum Gasteiger partial charge on any atom is 0.573 e. The van der Waals surface area contributed by atoms with E-state index in [9.17, 15) is 18.0 Å². The number of carboxylic acids is 1. The maximum atomic E-state index is 12.0. The number of carbonyl (C=O) groups is 1. The van der Waals surface area contributed by atoms with Crippen LogP contribution in [0.25, 0.3) is 0 Å². The monoisotopic (exact) mass is 303 g/mol. The van der Waals surface area contributed by atoms with Crippen LogP contribution in [0.4, 0.5) is 13.2 Å². The number of hydrogen-bond acceptors (Lipinski definition) is 3. The summed E-state index contributed by atoms with van der Waals surface area (Å²) in [6, 6.07) is 5.63. The van der Waals surface area contributed by atoms with Crippen molar-refractivity contribution in [2.75, 3.05) is 13.1 Å². The molecule has 0 spiro atoms. The van der Waals surface area contributed by atoms with Crippen LogP contribution in [0, 0.1) is 11.8 Å². The number of carboxylic acid groups (broad SMARTS) is 1. The van der Waals surface area contributed by atoms with Gasteiger partial charge in [0.2, 0.25) is 0 Å². The lowest BCUT2D eigenvalue weighted by Gasteiger charge is -2.16. The van der Waals surface area contributed by atoms with E-state index in [0.717, 1.165) is 5.56 Å². The highest BCUT2D eigenvalue weighted by Gasteiger charge is 2.34. The minimum absolute atomic E-state index is 0.0651. The first-order chi connectivity index (χ1) is 9.74. The van der Waals surface area contributed by atoms with Gasteiger partial charge in [-0.3, -0.25) is 9.69 Å². The Labute approximate surface area is 120 Å². The molecule has 2 rings (SSSR count). The third kappa shape index (κ3) is 4.35. The lowest BCUT2D eigenvalue weighted by molar-refractivity contribution is -0.274. The number of alkyl halides is 3. The molecule has 4 nitrogen and oxygen atoms in total. The van der Waals surface area contributed by atoms with Gasteiger partial charge in [-0.15, -0.1) is 13.2 Å². The smallest absolute Gasteiger partial charge is 0.481 e. The molecule has 1 N–H and O–H groups in total. The van der Waals surface area contributed by atoms with Gasteiger partial charge in [0.05, 0.1) is 5.92 Å². The molecule has 21 heavy (non-hydrogen) atoms. The molecule has 1 aliphatic heterocycles. The van der Waals surface area contributed by atoms with Crippen LogP contribution in [-0.4, -0.2) is 35.4 Å². The van der Waals surface area contributed by atoms with Crippen molar-refractivity contribution in [3.8, 4) is 5.75 Å². The number of benzene rings is 1. The van der Waals surface area contributed by atoms with E-state index in [2.05, 4.69) is 4.74 Å². The van der Waals surface area contributed by atoms with Crippen LogP contribution in [-0.2, 0) is 11.3 Å². The maximum absolute atomic E-state index is 12.0. The summed E-state index contributed by atoms with van der Waals surface area (Å²) in [5.74, 6) is -1.39. The topological polar surface area (TPSA) is 49.8 Å². The summed E-state index contributed by atoms with van der Waals surface area (Å²) in [7, 11) is 0. The summed E-state index contributed by atoms with van der Waals surface area (Å²) < 4.78 is 39.9. The molecule has 0 radical (unpaired) electrons. The zero-order valence-electron chi connectivity index (χ0n) is 11.4. The molecule has 1 fully saturated rings. The standard InChI is InChI=1S/C14H16F3NO3/c1-9-6-18(8-12(9)13(19)20)7-10-2-4-11(5-3-10)21-14(15,16)17/h2-5,9,12H,6-8H2,1H3,(H,19,20)/t9-,12-/m1/s1. The molecule has 1 aliphatic rings. The van der Waals surface area contributed by atoms with Gasteiger partial charge in [-0.25, -0.2) is 0 Å². The van der Waals surface area contributed by atoms with E-state index in [1.807, 2.05) is 11.8 Å². The van der Waals surface area contributed by atoms with Crippen LogP contribution < -0.4 is 4.74 Å². The van der Waals surface area contributed by atoms with Gasteiger partial charge in [-0.2, -0.15) is 0 Å². The van der Waals surface area contributed by atoms with Crippen molar-refractivity contribution in [3.05, 3.63) is 29.8 Å². The second-order valence-corrected chi connectivity index (χ2v) is 5.31. The van der Waals surface area contributed by atoms with E-state index >= 15 is 0 Å². The van der Waals surface area contributed by atoms with Crippen LogP contribution in [0.3, 0.4) is 0 Å². The molecule has 1 aromatic rings. The summed E-state index contributed by atoms with van der Waals surface area (Å²) in [6.45, 7) is 3.52. The van der Waals surface area contributed by atoms with Crippen molar-refractivity contribution >= 4 is 5.97 Å². The number of aliphatic carboxylic acids is 1. The molecule has 0 amide bonds.